The molecule has 24 heavy (non-hydrogen) atoms. The highest BCUT2D eigenvalue weighted by atomic mass is 32.1. The Kier molecular flexibility index (Phi) is 4.75. The summed E-state index contributed by atoms with van der Waals surface area (Å²) in [5.74, 6) is 0.446. The Morgan fingerprint density at radius 1 is 1.17 bits per heavy atom. The van der Waals surface area contributed by atoms with Gasteiger partial charge >= 0.3 is 0 Å². The van der Waals surface area contributed by atoms with E-state index in [2.05, 4.69) is 10.2 Å². The SMILES string of the molecule is Cc1cc2c(-c3ccccc3F)nc(N3CCNCC3)nc2s1.O. The first-order valence-corrected chi connectivity index (χ1v) is 8.53. The molecule has 0 amide bonds. The molecule has 0 atom stereocenters. The van der Waals surface area contributed by atoms with E-state index in [0.29, 0.717) is 17.2 Å². The zero-order chi connectivity index (χ0) is 15.8. The molecule has 1 fully saturated rings. The van der Waals surface area contributed by atoms with Gasteiger partial charge in [-0.3, -0.25) is 0 Å². The van der Waals surface area contributed by atoms with Crippen LogP contribution in [0.4, 0.5) is 10.3 Å². The zero-order valence-electron chi connectivity index (χ0n) is 13.3. The number of thiophene rings is 1. The molecule has 0 radical (unpaired) electrons. The fraction of sp³-hybridized carbons (Fsp3) is 0.294. The van der Waals surface area contributed by atoms with Crippen molar-refractivity contribution in [2.24, 2.45) is 0 Å². The molecule has 3 heterocycles. The second-order valence-electron chi connectivity index (χ2n) is 5.66. The lowest BCUT2D eigenvalue weighted by Crippen LogP contribution is -2.44. The number of benzene rings is 1. The summed E-state index contributed by atoms with van der Waals surface area (Å²) in [6.45, 7) is 5.61. The molecule has 3 aromatic rings. The molecule has 0 aliphatic carbocycles. The minimum Gasteiger partial charge on any atom is -0.412 e. The maximum atomic E-state index is 14.3. The van der Waals surface area contributed by atoms with Crippen molar-refractivity contribution in [3.8, 4) is 11.3 Å². The van der Waals surface area contributed by atoms with Crippen LogP contribution in [0.5, 0.6) is 0 Å². The van der Waals surface area contributed by atoms with Gasteiger partial charge in [0, 0.05) is 42.0 Å². The predicted octanol–water partition coefficient (Wildman–Crippen LogP) is 2.39. The van der Waals surface area contributed by atoms with Gasteiger partial charge < -0.3 is 15.7 Å². The molecule has 1 aliphatic heterocycles. The van der Waals surface area contributed by atoms with Gasteiger partial charge in [-0.25, -0.2) is 14.4 Å². The molecule has 0 bridgehead atoms. The highest BCUT2D eigenvalue weighted by Gasteiger charge is 2.19. The maximum absolute atomic E-state index is 14.3. The standard InChI is InChI=1S/C17H17FN4S.H2O/c1-11-10-13-15(12-4-2-3-5-14(12)18)20-17(21-16(13)23-11)22-8-6-19-7-9-22;/h2-5,10,19H,6-9H2,1H3;1H2. The van der Waals surface area contributed by atoms with Crippen LogP contribution in [0.25, 0.3) is 21.5 Å². The molecule has 1 aliphatic rings. The summed E-state index contributed by atoms with van der Waals surface area (Å²) in [7, 11) is 0. The van der Waals surface area contributed by atoms with E-state index in [9.17, 15) is 4.39 Å². The minimum atomic E-state index is -0.248. The van der Waals surface area contributed by atoms with E-state index < -0.39 is 0 Å². The van der Waals surface area contributed by atoms with Crippen LogP contribution < -0.4 is 10.2 Å². The van der Waals surface area contributed by atoms with Crippen LogP contribution in [0, 0.1) is 12.7 Å². The molecule has 0 unspecified atom stereocenters. The third-order valence-corrected chi connectivity index (χ3v) is 4.98. The number of piperazine rings is 1. The number of aryl methyl sites for hydroxylation is 1. The van der Waals surface area contributed by atoms with Crippen LogP contribution in [-0.2, 0) is 0 Å². The van der Waals surface area contributed by atoms with E-state index in [4.69, 9.17) is 9.97 Å². The van der Waals surface area contributed by atoms with E-state index in [1.54, 1.807) is 23.5 Å². The predicted molar refractivity (Wildman–Crippen MR) is 96.2 cm³/mol. The van der Waals surface area contributed by atoms with Gasteiger partial charge in [0.1, 0.15) is 10.6 Å². The number of fused-ring (bicyclic) bond motifs is 1. The van der Waals surface area contributed by atoms with Gasteiger partial charge in [-0.1, -0.05) is 12.1 Å². The van der Waals surface area contributed by atoms with Crippen molar-refractivity contribution in [2.45, 2.75) is 6.92 Å². The topological polar surface area (TPSA) is 72.6 Å². The van der Waals surface area contributed by atoms with E-state index in [1.165, 1.54) is 6.07 Å². The molecular weight excluding hydrogens is 327 g/mol. The second-order valence-corrected chi connectivity index (χ2v) is 6.90. The monoisotopic (exact) mass is 346 g/mol. The Labute approximate surface area is 143 Å². The molecular formula is C17H19FN4OS. The third-order valence-electron chi connectivity index (χ3n) is 4.03. The highest BCUT2D eigenvalue weighted by molar-refractivity contribution is 7.18. The van der Waals surface area contributed by atoms with Crippen LogP contribution in [0.15, 0.2) is 30.3 Å². The summed E-state index contributed by atoms with van der Waals surface area (Å²) in [4.78, 5) is 13.7. The fourth-order valence-corrected chi connectivity index (χ4v) is 3.77. The number of aromatic nitrogens is 2. The Bertz CT molecular complexity index is 861. The lowest BCUT2D eigenvalue weighted by molar-refractivity contribution is 0.580. The first-order valence-electron chi connectivity index (χ1n) is 7.71. The molecule has 1 saturated heterocycles. The number of nitrogens with one attached hydrogen (secondary N) is 1. The normalized spacial score (nSPS) is 14.7. The molecule has 126 valence electrons. The average Bonchev–Trinajstić information content (AvgIpc) is 2.95. The Balaban J connectivity index is 0.00000169. The molecule has 0 spiro atoms. The fourth-order valence-electron chi connectivity index (χ4n) is 2.90. The van der Waals surface area contributed by atoms with Crippen molar-refractivity contribution < 1.29 is 9.87 Å². The van der Waals surface area contributed by atoms with E-state index >= 15 is 0 Å². The van der Waals surface area contributed by atoms with Crippen LogP contribution in [0.1, 0.15) is 4.88 Å². The van der Waals surface area contributed by atoms with Gasteiger partial charge in [-0.05, 0) is 25.1 Å². The number of rotatable bonds is 2. The van der Waals surface area contributed by atoms with Crippen molar-refractivity contribution in [3.05, 3.63) is 41.0 Å². The lowest BCUT2D eigenvalue weighted by Gasteiger charge is -2.27. The summed E-state index contributed by atoms with van der Waals surface area (Å²) in [6, 6.07) is 8.85. The van der Waals surface area contributed by atoms with Crippen LogP contribution in [0.2, 0.25) is 0 Å². The third kappa shape index (κ3) is 2.98. The average molecular weight is 346 g/mol. The Morgan fingerprint density at radius 2 is 1.92 bits per heavy atom. The quantitative estimate of drug-likeness (QED) is 0.773. The highest BCUT2D eigenvalue weighted by Crippen LogP contribution is 2.34. The minimum absolute atomic E-state index is 0. The van der Waals surface area contributed by atoms with Crippen molar-refractivity contribution >= 4 is 27.5 Å². The summed E-state index contributed by atoms with van der Waals surface area (Å²) >= 11 is 1.63. The number of hydrogen-bond donors (Lipinski definition) is 1. The van der Waals surface area contributed by atoms with Gasteiger partial charge in [0.25, 0.3) is 0 Å². The number of nitrogens with zero attached hydrogens (tertiary/aromatic N) is 3. The van der Waals surface area contributed by atoms with Crippen molar-refractivity contribution in [2.75, 3.05) is 31.1 Å². The Hall–Kier alpha value is -2.09. The van der Waals surface area contributed by atoms with E-state index in [1.807, 2.05) is 19.1 Å². The number of halogens is 1. The van der Waals surface area contributed by atoms with Crippen LogP contribution in [0.3, 0.4) is 0 Å². The lowest BCUT2D eigenvalue weighted by atomic mass is 10.1. The van der Waals surface area contributed by atoms with Gasteiger partial charge in [0.15, 0.2) is 0 Å². The maximum Gasteiger partial charge on any atom is 0.227 e. The summed E-state index contributed by atoms with van der Waals surface area (Å²) in [5.41, 5.74) is 1.22. The summed E-state index contributed by atoms with van der Waals surface area (Å²) < 4.78 is 14.3. The first-order chi connectivity index (χ1) is 11.2. The first kappa shape index (κ1) is 16.8. The molecule has 7 heteroatoms. The Morgan fingerprint density at radius 3 is 2.67 bits per heavy atom. The molecule has 4 rings (SSSR count). The van der Waals surface area contributed by atoms with Crippen LogP contribution >= 0.6 is 11.3 Å². The van der Waals surface area contributed by atoms with Gasteiger partial charge in [-0.2, -0.15) is 0 Å². The largest absolute Gasteiger partial charge is 0.412 e. The van der Waals surface area contributed by atoms with Gasteiger partial charge in [0.05, 0.1) is 5.69 Å². The van der Waals surface area contributed by atoms with Gasteiger partial charge in [0.2, 0.25) is 5.95 Å². The zero-order valence-corrected chi connectivity index (χ0v) is 14.2. The molecule has 0 saturated carbocycles. The number of hydrogen-bond acceptors (Lipinski definition) is 5. The van der Waals surface area contributed by atoms with Crippen molar-refractivity contribution in [3.63, 3.8) is 0 Å². The molecule has 1 aromatic carbocycles. The summed E-state index contributed by atoms with van der Waals surface area (Å²) in [5, 5.41) is 4.25. The molecule has 3 N–H and O–H groups in total. The second kappa shape index (κ2) is 6.80. The van der Waals surface area contributed by atoms with Gasteiger partial charge in [-0.15, -0.1) is 11.3 Å². The summed E-state index contributed by atoms with van der Waals surface area (Å²) in [6.07, 6.45) is 0. The molecule has 5 nitrogen and oxygen atoms in total. The molecule has 2 aromatic heterocycles. The van der Waals surface area contributed by atoms with E-state index in [-0.39, 0.29) is 11.3 Å². The van der Waals surface area contributed by atoms with Crippen molar-refractivity contribution in [1.29, 1.82) is 0 Å². The van der Waals surface area contributed by atoms with E-state index in [0.717, 1.165) is 41.3 Å². The van der Waals surface area contributed by atoms with Crippen molar-refractivity contribution in [1.82, 2.24) is 15.3 Å². The smallest absolute Gasteiger partial charge is 0.227 e. The van der Waals surface area contributed by atoms with Crippen LogP contribution in [-0.4, -0.2) is 41.6 Å². The number of anilines is 1.